The molecule has 1 fully saturated rings. The van der Waals surface area contributed by atoms with E-state index in [-0.39, 0.29) is 10.8 Å². The van der Waals surface area contributed by atoms with Crippen LogP contribution in [-0.4, -0.2) is 51.5 Å². The van der Waals surface area contributed by atoms with Gasteiger partial charge in [-0.25, -0.2) is 8.42 Å². The van der Waals surface area contributed by atoms with Crippen LogP contribution in [0, 0.1) is 0 Å². The Morgan fingerprint density at radius 2 is 1.79 bits per heavy atom. The first-order valence-corrected chi connectivity index (χ1v) is 10.7. The lowest BCUT2D eigenvalue weighted by Crippen LogP contribution is -2.40. The van der Waals surface area contributed by atoms with Gasteiger partial charge in [0, 0.05) is 18.8 Å². The molecular weight excluding hydrogens is 380 g/mol. The van der Waals surface area contributed by atoms with Gasteiger partial charge in [0.25, 0.3) is 5.91 Å². The second kappa shape index (κ2) is 9.18. The van der Waals surface area contributed by atoms with E-state index in [4.69, 9.17) is 9.47 Å². The molecule has 0 aliphatic carbocycles. The molecule has 0 aromatic heterocycles. The van der Waals surface area contributed by atoms with Crippen LogP contribution in [0.3, 0.4) is 0 Å². The maximum atomic E-state index is 12.7. The maximum Gasteiger partial charge on any atom is 0.259 e. The van der Waals surface area contributed by atoms with E-state index in [2.05, 4.69) is 5.32 Å². The third-order valence-corrected chi connectivity index (χ3v) is 6.23. The van der Waals surface area contributed by atoms with Crippen LogP contribution in [0.2, 0.25) is 0 Å². The lowest BCUT2D eigenvalue weighted by Gasteiger charge is -2.26. The number of sulfonamides is 1. The summed E-state index contributed by atoms with van der Waals surface area (Å²) in [6, 6.07) is 13.2. The van der Waals surface area contributed by atoms with E-state index in [1.54, 1.807) is 30.3 Å². The number of ether oxygens (including phenoxy) is 2. The molecule has 3 rings (SSSR count). The van der Waals surface area contributed by atoms with Crippen molar-refractivity contribution in [1.82, 2.24) is 4.31 Å². The molecule has 0 saturated carbocycles. The van der Waals surface area contributed by atoms with Crippen LogP contribution < -0.4 is 10.1 Å². The predicted molar refractivity (Wildman–Crippen MR) is 106 cm³/mol. The second-order valence-corrected chi connectivity index (χ2v) is 8.28. The van der Waals surface area contributed by atoms with Crippen molar-refractivity contribution in [1.29, 1.82) is 0 Å². The highest BCUT2D eigenvalue weighted by Crippen LogP contribution is 2.22. The van der Waals surface area contributed by atoms with E-state index in [9.17, 15) is 13.2 Å². The van der Waals surface area contributed by atoms with Crippen molar-refractivity contribution in [3.8, 4) is 5.75 Å². The number of nitrogens with zero attached hydrogens (tertiary/aromatic N) is 1. The van der Waals surface area contributed by atoms with Crippen molar-refractivity contribution in [2.75, 3.05) is 38.2 Å². The summed E-state index contributed by atoms with van der Waals surface area (Å²) in [6.07, 6.45) is 0.842. The Morgan fingerprint density at radius 1 is 1.11 bits per heavy atom. The number of morpholine rings is 1. The Kier molecular flexibility index (Phi) is 6.66. The Bertz CT molecular complexity index is 906. The summed E-state index contributed by atoms with van der Waals surface area (Å²) in [5.74, 6) is 0.212. The molecule has 0 atom stereocenters. The lowest BCUT2D eigenvalue weighted by atomic mass is 10.2. The number of hydrogen-bond acceptors (Lipinski definition) is 5. The molecule has 1 N–H and O–H groups in total. The van der Waals surface area contributed by atoms with Gasteiger partial charge >= 0.3 is 0 Å². The first-order valence-electron chi connectivity index (χ1n) is 9.23. The number of rotatable bonds is 7. The fraction of sp³-hybridized carbons (Fsp3) is 0.350. The van der Waals surface area contributed by atoms with Crippen molar-refractivity contribution >= 4 is 21.6 Å². The molecule has 1 heterocycles. The molecule has 1 aliphatic heterocycles. The number of nitrogens with one attached hydrogen (secondary N) is 1. The zero-order valence-corrected chi connectivity index (χ0v) is 16.6. The van der Waals surface area contributed by atoms with Crippen molar-refractivity contribution in [3.05, 3.63) is 54.1 Å². The summed E-state index contributed by atoms with van der Waals surface area (Å²) in [5.41, 5.74) is 0.942. The minimum atomic E-state index is -3.56. The number of amides is 1. The first kappa shape index (κ1) is 20.3. The minimum absolute atomic E-state index is 0.194. The van der Waals surface area contributed by atoms with E-state index in [0.29, 0.717) is 49.9 Å². The largest absolute Gasteiger partial charge is 0.493 e. The summed E-state index contributed by atoms with van der Waals surface area (Å²) in [7, 11) is -3.56. The summed E-state index contributed by atoms with van der Waals surface area (Å²) < 4.78 is 37.5. The van der Waals surface area contributed by atoms with Gasteiger partial charge in [0.1, 0.15) is 5.75 Å². The Hall–Kier alpha value is -2.42. The van der Waals surface area contributed by atoms with E-state index in [1.807, 2.05) is 13.0 Å². The van der Waals surface area contributed by atoms with Crippen LogP contribution >= 0.6 is 0 Å². The normalized spacial score (nSPS) is 15.2. The lowest BCUT2D eigenvalue weighted by molar-refractivity contribution is 0.0730. The summed E-state index contributed by atoms with van der Waals surface area (Å²) in [6.45, 7) is 4.00. The predicted octanol–water partition coefficient (Wildman–Crippen LogP) is 2.75. The second-order valence-electron chi connectivity index (χ2n) is 6.34. The molecule has 0 radical (unpaired) electrons. The van der Waals surface area contributed by atoms with Crippen LogP contribution in [0.4, 0.5) is 5.69 Å². The van der Waals surface area contributed by atoms with Crippen LogP contribution in [0.5, 0.6) is 5.75 Å². The van der Waals surface area contributed by atoms with Gasteiger partial charge in [0.15, 0.2) is 0 Å². The summed E-state index contributed by atoms with van der Waals surface area (Å²) >= 11 is 0. The van der Waals surface area contributed by atoms with Crippen molar-refractivity contribution in [2.45, 2.75) is 18.2 Å². The molecule has 1 amide bonds. The van der Waals surface area contributed by atoms with Gasteiger partial charge in [0.05, 0.1) is 30.3 Å². The fourth-order valence-electron chi connectivity index (χ4n) is 2.84. The zero-order valence-electron chi connectivity index (χ0n) is 15.8. The minimum Gasteiger partial charge on any atom is -0.493 e. The highest BCUT2D eigenvalue weighted by Gasteiger charge is 2.26. The number of para-hydroxylation sites is 1. The van der Waals surface area contributed by atoms with Gasteiger partial charge in [-0.05, 0) is 42.8 Å². The van der Waals surface area contributed by atoms with Crippen LogP contribution in [0.1, 0.15) is 23.7 Å². The standard InChI is InChI=1S/C20H24N2O5S/c1-2-13-27-19-6-4-3-5-18(19)20(23)21-16-7-9-17(10-8-16)28(24,25)22-11-14-26-15-12-22/h3-10H,2,11-15H2,1H3,(H,21,23). The van der Waals surface area contributed by atoms with Gasteiger partial charge in [0.2, 0.25) is 10.0 Å². The maximum absolute atomic E-state index is 12.7. The fourth-order valence-corrected chi connectivity index (χ4v) is 4.24. The average molecular weight is 404 g/mol. The zero-order chi connectivity index (χ0) is 20.0. The average Bonchev–Trinajstić information content (AvgIpc) is 2.73. The number of anilines is 1. The van der Waals surface area contributed by atoms with Gasteiger partial charge in [-0.2, -0.15) is 4.31 Å². The quantitative estimate of drug-likeness (QED) is 0.767. The van der Waals surface area contributed by atoms with E-state index in [1.165, 1.54) is 16.4 Å². The Labute approximate surface area is 165 Å². The highest BCUT2D eigenvalue weighted by molar-refractivity contribution is 7.89. The summed E-state index contributed by atoms with van der Waals surface area (Å²) in [5, 5.41) is 2.79. The van der Waals surface area contributed by atoms with Gasteiger partial charge in [-0.1, -0.05) is 19.1 Å². The van der Waals surface area contributed by atoms with Crippen molar-refractivity contribution in [3.63, 3.8) is 0 Å². The SMILES string of the molecule is CCCOc1ccccc1C(=O)Nc1ccc(S(=O)(=O)N2CCOCC2)cc1. The van der Waals surface area contributed by atoms with E-state index in [0.717, 1.165) is 6.42 Å². The first-order chi connectivity index (χ1) is 13.5. The van der Waals surface area contributed by atoms with Crippen molar-refractivity contribution < 1.29 is 22.7 Å². The molecule has 1 saturated heterocycles. The molecule has 2 aromatic rings. The molecule has 28 heavy (non-hydrogen) atoms. The van der Waals surface area contributed by atoms with E-state index >= 15 is 0 Å². The Morgan fingerprint density at radius 3 is 2.46 bits per heavy atom. The number of carbonyl (C=O) groups excluding carboxylic acids is 1. The molecule has 8 heteroatoms. The third kappa shape index (κ3) is 4.70. The Balaban J connectivity index is 1.72. The van der Waals surface area contributed by atoms with Gasteiger partial charge in [-0.15, -0.1) is 0 Å². The topological polar surface area (TPSA) is 84.9 Å². The number of hydrogen-bond donors (Lipinski definition) is 1. The molecule has 0 unspecified atom stereocenters. The molecule has 150 valence electrons. The van der Waals surface area contributed by atoms with E-state index < -0.39 is 10.0 Å². The molecular formula is C20H24N2O5S. The molecule has 0 bridgehead atoms. The molecule has 0 spiro atoms. The summed E-state index contributed by atoms with van der Waals surface area (Å²) in [4.78, 5) is 12.8. The van der Waals surface area contributed by atoms with Crippen LogP contribution in [0.15, 0.2) is 53.4 Å². The van der Waals surface area contributed by atoms with Crippen molar-refractivity contribution in [2.24, 2.45) is 0 Å². The monoisotopic (exact) mass is 404 g/mol. The van der Waals surface area contributed by atoms with Gasteiger partial charge < -0.3 is 14.8 Å². The highest BCUT2D eigenvalue weighted by atomic mass is 32.2. The molecule has 2 aromatic carbocycles. The molecule has 7 nitrogen and oxygen atoms in total. The third-order valence-electron chi connectivity index (χ3n) is 4.31. The molecule has 1 aliphatic rings. The van der Waals surface area contributed by atoms with Gasteiger partial charge in [-0.3, -0.25) is 4.79 Å². The van der Waals surface area contributed by atoms with Crippen LogP contribution in [-0.2, 0) is 14.8 Å². The smallest absolute Gasteiger partial charge is 0.259 e. The van der Waals surface area contributed by atoms with Crippen LogP contribution in [0.25, 0.3) is 0 Å². The number of carbonyl (C=O) groups is 1. The number of benzene rings is 2.